The highest BCUT2D eigenvalue weighted by molar-refractivity contribution is 6.31. The monoisotopic (exact) mass is 524 g/mol. The first-order valence-corrected chi connectivity index (χ1v) is 11.1. The molecule has 10 heteroatoms. The van der Waals surface area contributed by atoms with Crippen molar-refractivity contribution >= 4 is 34.9 Å². The molecule has 6 nitrogen and oxygen atoms in total. The Morgan fingerprint density at radius 1 is 0.973 bits per heavy atom. The summed E-state index contributed by atoms with van der Waals surface area (Å²) in [4.78, 5) is 24.6. The molecule has 2 heterocycles. The van der Waals surface area contributed by atoms with Crippen LogP contribution in [0.5, 0.6) is 0 Å². The summed E-state index contributed by atoms with van der Waals surface area (Å²) >= 11 is 6.25. The highest BCUT2D eigenvalue weighted by atomic mass is 35.5. The number of carboxylic acid groups (broad SMARTS) is 1. The second kappa shape index (κ2) is 10.0. The number of aliphatic imine (C=N–C) groups is 1. The number of carbonyl (C=O) groups is 1. The molecule has 5 rings (SSSR count). The minimum absolute atomic E-state index is 0. The summed E-state index contributed by atoms with van der Waals surface area (Å²) in [5.74, 6) is -0.808. The zero-order chi connectivity index (χ0) is 25.4. The van der Waals surface area contributed by atoms with E-state index in [9.17, 15) is 18.0 Å². The second-order valence-electron chi connectivity index (χ2n) is 7.97. The maximum atomic E-state index is 13.8. The van der Waals surface area contributed by atoms with Crippen LogP contribution in [0.3, 0.4) is 0 Å². The van der Waals surface area contributed by atoms with Crippen LogP contribution in [0.2, 0.25) is 5.02 Å². The number of benzene rings is 3. The molecule has 0 fully saturated rings. The van der Waals surface area contributed by atoms with Crippen molar-refractivity contribution in [3.8, 4) is 11.3 Å². The summed E-state index contributed by atoms with van der Waals surface area (Å²) in [6.45, 7) is 0.0662. The number of aromatic nitrogens is 2. The van der Waals surface area contributed by atoms with Crippen LogP contribution in [0.4, 0.5) is 24.8 Å². The normalized spacial score (nSPS) is 12.4. The number of fused-ring (bicyclic) bond motifs is 3. The third kappa shape index (κ3) is 5.17. The predicted molar refractivity (Wildman–Crippen MR) is 137 cm³/mol. The van der Waals surface area contributed by atoms with E-state index in [1.807, 2.05) is 0 Å². The highest BCUT2D eigenvalue weighted by Gasteiger charge is 2.35. The Morgan fingerprint density at radius 3 is 2.41 bits per heavy atom. The molecule has 37 heavy (non-hydrogen) atoms. The molecule has 0 aliphatic carbocycles. The molecule has 188 valence electrons. The van der Waals surface area contributed by atoms with Crippen LogP contribution in [0.15, 0.2) is 77.9 Å². The van der Waals surface area contributed by atoms with Gasteiger partial charge in [0.1, 0.15) is 0 Å². The van der Waals surface area contributed by atoms with Crippen molar-refractivity contribution in [2.75, 3.05) is 5.32 Å². The van der Waals surface area contributed by atoms with Crippen molar-refractivity contribution in [3.05, 3.63) is 106 Å². The standard InChI is InChI=1S/C26H16ClF3N4O2.CH4/c27-16-7-10-18-20(11-16)23(19-3-1-2-4-21(19)26(28,29)30)31-12-15-13-32-25(34-22(15)18)33-17-8-5-14(6-9-17)24(35)36;/h1-11,13H,12H2,(H,35,36)(H,32,33,34);1H4. The summed E-state index contributed by atoms with van der Waals surface area (Å²) in [6, 6.07) is 16.3. The van der Waals surface area contributed by atoms with Crippen molar-refractivity contribution in [1.29, 1.82) is 0 Å². The SMILES string of the molecule is C.O=C(O)c1ccc(Nc2ncc3c(n2)-c2ccc(Cl)cc2C(c2ccccc2C(F)(F)F)=NC3)cc1. The number of carboxylic acids is 1. The van der Waals surface area contributed by atoms with Gasteiger partial charge in [0.05, 0.1) is 29.1 Å². The zero-order valence-electron chi connectivity index (χ0n) is 18.3. The number of aromatic carboxylic acids is 1. The molecular weight excluding hydrogens is 505 g/mol. The summed E-state index contributed by atoms with van der Waals surface area (Å²) in [6.07, 6.45) is -3.00. The van der Waals surface area contributed by atoms with Gasteiger partial charge in [-0.2, -0.15) is 13.2 Å². The lowest BCUT2D eigenvalue weighted by atomic mass is 9.92. The molecule has 1 aliphatic heterocycles. The predicted octanol–water partition coefficient (Wildman–Crippen LogP) is 7.24. The van der Waals surface area contributed by atoms with Crippen LogP contribution >= 0.6 is 11.6 Å². The first kappa shape index (κ1) is 25.8. The Balaban J connectivity index is 0.00000320. The van der Waals surface area contributed by atoms with Crippen LogP contribution in [-0.2, 0) is 12.7 Å². The maximum Gasteiger partial charge on any atom is 0.417 e. The van der Waals surface area contributed by atoms with Gasteiger partial charge in [0.2, 0.25) is 5.95 Å². The van der Waals surface area contributed by atoms with E-state index in [0.717, 1.165) is 6.07 Å². The molecule has 0 radical (unpaired) electrons. The molecule has 2 N–H and O–H groups in total. The van der Waals surface area contributed by atoms with E-state index in [0.29, 0.717) is 33.1 Å². The third-order valence-corrected chi connectivity index (χ3v) is 5.87. The minimum atomic E-state index is -4.57. The third-order valence-electron chi connectivity index (χ3n) is 5.64. The van der Waals surface area contributed by atoms with Gasteiger partial charge in [0, 0.05) is 39.2 Å². The summed E-state index contributed by atoms with van der Waals surface area (Å²) in [7, 11) is 0. The van der Waals surface area contributed by atoms with Gasteiger partial charge in [-0.1, -0.05) is 43.3 Å². The molecule has 1 aromatic heterocycles. The largest absolute Gasteiger partial charge is 0.478 e. The molecule has 0 saturated heterocycles. The Kier molecular flexibility index (Phi) is 7.00. The number of nitrogens with zero attached hydrogens (tertiary/aromatic N) is 3. The molecule has 3 aromatic carbocycles. The average Bonchev–Trinajstić information content (AvgIpc) is 3.00. The smallest absolute Gasteiger partial charge is 0.417 e. The van der Waals surface area contributed by atoms with E-state index in [1.54, 1.807) is 36.5 Å². The lowest BCUT2D eigenvalue weighted by Gasteiger charge is -2.16. The molecule has 0 amide bonds. The zero-order valence-corrected chi connectivity index (χ0v) is 19.1. The molecule has 0 spiro atoms. The molecule has 0 atom stereocenters. The Morgan fingerprint density at radius 2 is 1.70 bits per heavy atom. The average molecular weight is 525 g/mol. The number of rotatable bonds is 4. The number of anilines is 2. The fourth-order valence-electron chi connectivity index (χ4n) is 3.98. The van der Waals surface area contributed by atoms with Gasteiger partial charge in [0.15, 0.2) is 0 Å². The van der Waals surface area contributed by atoms with Crippen molar-refractivity contribution < 1.29 is 23.1 Å². The van der Waals surface area contributed by atoms with Gasteiger partial charge < -0.3 is 10.4 Å². The van der Waals surface area contributed by atoms with Crippen LogP contribution in [-0.4, -0.2) is 26.8 Å². The van der Waals surface area contributed by atoms with Crippen molar-refractivity contribution in [2.24, 2.45) is 4.99 Å². The molecule has 0 bridgehead atoms. The van der Waals surface area contributed by atoms with Crippen LogP contribution in [0, 0.1) is 0 Å². The number of nitrogens with one attached hydrogen (secondary N) is 1. The van der Waals surface area contributed by atoms with Gasteiger partial charge in [0.25, 0.3) is 0 Å². The fourth-order valence-corrected chi connectivity index (χ4v) is 4.15. The van der Waals surface area contributed by atoms with Gasteiger partial charge in [-0.05, 0) is 42.5 Å². The van der Waals surface area contributed by atoms with E-state index in [4.69, 9.17) is 16.7 Å². The first-order valence-electron chi connectivity index (χ1n) is 10.7. The minimum Gasteiger partial charge on any atom is -0.478 e. The van der Waals surface area contributed by atoms with E-state index in [-0.39, 0.29) is 36.8 Å². The van der Waals surface area contributed by atoms with E-state index in [2.05, 4.69) is 20.3 Å². The number of alkyl halides is 3. The lowest BCUT2D eigenvalue weighted by Crippen LogP contribution is -2.15. The Bertz CT molecular complexity index is 1520. The topological polar surface area (TPSA) is 87.5 Å². The quantitative estimate of drug-likeness (QED) is 0.294. The van der Waals surface area contributed by atoms with Gasteiger partial charge in [-0.3, -0.25) is 4.99 Å². The fraction of sp³-hybridized carbons (Fsp3) is 0.111. The lowest BCUT2D eigenvalue weighted by molar-refractivity contribution is -0.137. The van der Waals surface area contributed by atoms with E-state index >= 15 is 0 Å². The number of halogens is 4. The van der Waals surface area contributed by atoms with Crippen LogP contribution < -0.4 is 5.32 Å². The van der Waals surface area contributed by atoms with Crippen molar-refractivity contribution in [2.45, 2.75) is 20.1 Å². The summed E-state index contributed by atoms with van der Waals surface area (Å²) in [5, 5.41) is 12.4. The van der Waals surface area contributed by atoms with Crippen molar-refractivity contribution in [3.63, 3.8) is 0 Å². The van der Waals surface area contributed by atoms with Gasteiger partial charge >= 0.3 is 12.1 Å². The highest BCUT2D eigenvalue weighted by Crippen LogP contribution is 2.37. The molecule has 0 saturated carbocycles. The van der Waals surface area contributed by atoms with Crippen LogP contribution in [0.1, 0.15) is 40.0 Å². The maximum absolute atomic E-state index is 13.8. The molecule has 1 aliphatic rings. The summed E-state index contributed by atoms with van der Waals surface area (Å²) < 4.78 is 41.4. The van der Waals surface area contributed by atoms with Crippen molar-refractivity contribution in [1.82, 2.24) is 9.97 Å². The Hall–Kier alpha value is -4.24. The van der Waals surface area contributed by atoms with Gasteiger partial charge in [-0.15, -0.1) is 0 Å². The Labute approximate surface area is 215 Å². The number of hydrogen-bond donors (Lipinski definition) is 2. The first-order chi connectivity index (χ1) is 17.2. The van der Waals surface area contributed by atoms with E-state index < -0.39 is 17.7 Å². The molecular formula is C27H20ClF3N4O2. The molecule has 4 aromatic rings. The summed E-state index contributed by atoms with van der Waals surface area (Å²) in [5.41, 5.74) is 2.15. The second-order valence-corrected chi connectivity index (χ2v) is 8.41. The van der Waals surface area contributed by atoms with Gasteiger partial charge in [-0.25, -0.2) is 14.8 Å². The number of hydrogen-bond acceptors (Lipinski definition) is 5. The molecule has 0 unspecified atom stereocenters. The van der Waals surface area contributed by atoms with Crippen LogP contribution in [0.25, 0.3) is 11.3 Å². The van der Waals surface area contributed by atoms with E-state index in [1.165, 1.54) is 30.3 Å².